The van der Waals surface area contributed by atoms with Gasteiger partial charge in [-0.05, 0) is 30.9 Å². The second kappa shape index (κ2) is 5.41. The average Bonchev–Trinajstić information content (AvgIpc) is 2.29. The summed E-state index contributed by atoms with van der Waals surface area (Å²) in [5.74, 6) is 0.203. The van der Waals surface area contributed by atoms with E-state index in [2.05, 4.69) is 19.1 Å². The van der Waals surface area contributed by atoms with E-state index in [4.69, 9.17) is 4.18 Å². The molecule has 2 unspecified atom stereocenters. The van der Waals surface area contributed by atoms with Crippen LogP contribution in [-0.2, 0) is 14.3 Å². The van der Waals surface area contributed by atoms with Crippen molar-refractivity contribution in [2.24, 2.45) is 0 Å². The van der Waals surface area contributed by atoms with Crippen molar-refractivity contribution in [3.63, 3.8) is 0 Å². The van der Waals surface area contributed by atoms with Crippen LogP contribution in [0.15, 0.2) is 24.3 Å². The van der Waals surface area contributed by atoms with Gasteiger partial charge in [0, 0.05) is 5.92 Å². The first-order valence-electron chi connectivity index (χ1n) is 6.41. The first-order chi connectivity index (χ1) is 8.47. The zero-order valence-corrected chi connectivity index (χ0v) is 11.7. The van der Waals surface area contributed by atoms with Gasteiger partial charge in [-0.25, -0.2) is 0 Å². The third kappa shape index (κ3) is 3.33. The maximum Gasteiger partial charge on any atom is 0.264 e. The Morgan fingerprint density at radius 3 is 2.50 bits per heavy atom. The molecule has 0 saturated heterocycles. The van der Waals surface area contributed by atoms with Crippen LogP contribution in [0.25, 0.3) is 0 Å². The predicted molar refractivity (Wildman–Crippen MR) is 72.1 cm³/mol. The number of benzene rings is 1. The highest BCUT2D eigenvalue weighted by Gasteiger charge is 2.30. The molecule has 3 nitrogen and oxygen atoms in total. The summed E-state index contributed by atoms with van der Waals surface area (Å²) in [5, 5.41) is 0. The maximum atomic E-state index is 11.3. The first kappa shape index (κ1) is 13.6. The van der Waals surface area contributed by atoms with Crippen LogP contribution >= 0.6 is 0 Å². The lowest BCUT2D eigenvalue weighted by Crippen LogP contribution is -2.28. The Labute approximate surface area is 109 Å². The Morgan fingerprint density at radius 2 is 1.83 bits per heavy atom. The maximum absolute atomic E-state index is 11.3. The van der Waals surface area contributed by atoms with Gasteiger partial charge < -0.3 is 0 Å². The minimum Gasteiger partial charge on any atom is -0.266 e. The highest BCUT2D eigenvalue weighted by atomic mass is 32.2. The highest BCUT2D eigenvalue weighted by Crippen LogP contribution is 2.36. The van der Waals surface area contributed by atoms with Crippen molar-refractivity contribution in [1.29, 1.82) is 0 Å². The van der Waals surface area contributed by atoms with Crippen molar-refractivity contribution in [1.82, 2.24) is 0 Å². The van der Waals surface area contributed by atoms with Crippen LogP contribution in [0.1, 0.15) is 42.7 Å². The average molecular weight is 268 g/mol. The summed E-state index contributed by atoms with van der Waals surface area (Å²) in [6.07, 6.45) is 4.95. The van der Waals surface area contributed by atoms with E-state index in [1.165, 1.54) is 11.1 Å². The molecule has 1 aliphatic rings. The molecule has 0 amide bonds. The zero-order valence-electron chi connectivity index (χ0n) is 10.9. The van der Waals surface area contributed by atoms with Crippen molar-refractivity contribution in [2.75, 3.05) is 6.26 Å². The lowest BCUT2D eigenvalue weighted by molar-refractivity contribution is 0.138. The summed E-state index contributed by atoms with van der Waals surface area (Å²) >= 11 is 0. The van der Waals surface area contributed by atoms with Crippen molar-refractivity contribution in [2.45, 2.75) is 44.6 Å². The summed E-state index contributed by atoms with van der Waals surface area (Å²) in [6.45, 7) is 2.07. The standard InChI is InChI=1S/C14H20O3S/c1-11-7-3-4-8-12(11)13-9-5-6-10-14(13)17-18(2,15)16/h3-4,7-8,13-14H,5-6,9-10H2,1-2H3. The summed E-state index contributed by atoms with van der Waals surface area (Å²) in [4.78, 5) is 0. The molecule has 0 bridgehead atoms. The van der Waals surface area contributed by atoms with E-state index in [1.807, 2.05) is 12.1 Å². The van der Waals surface area contributed by atoms with Gasteiger partial charge in [-0.2, -0.15) is 8.42 Å². The molecule has 0 spiro atoms. The molecule has 0 radical (unpaired) electrons. The summed E-state index contributed by atoms with van der Waals surface area (Å²) in [6, 6.07) is 8.17. The van der Waals surface area contributed by atoms with Crippen molar-refractivity contribution in [3.8, 4) is 0 Å². The van der Waals surface area contributed by atoms with Gasteiger partial charge in [-0.1, -0.05) is 37.1 Å². The zero-order chi connectivity index (χ0) is 13.2. The van der Waals surface area contributed by atoms with Crippen LogP contribution in [0.3, 0.4) is 0 Å². The normalized spacial score (nSPS) is 25.0. The molecule has 0 heterocycles. The number of aryl methyl sites for hydroxylation is 1. The molecule has 1 saturated carbocycles. The molecule has 4 heteroatoms. The topological polar surface area (TPSA) is 43.4 Å². The van der Waals surface area contributed by atoms with Crippen molar-refractivity contribution < 1.29 is 12.6 Å². The first-order valence-corrected chi connectivity index (χ1v) is 8.23. The number of hydrogen-bond acceptors (Lipinski definition) is 3. The second-order valence-corrected chi connectivity index (χ2v) is 6.69. The minimum atomic E-state index is -3.38. The van der Waals surface area contributed by atoms with E-state index in [0.717, 1.165) is 31.9 Å². The molecular formula is C14H20O3S. The van der Waals surface area contributed by atoms with Crippen LogP contribution in [0, 0.1) is 6.92 Å². The molecular weight excluding hydrogens is 248 g/mol. The van der Waals surface area contributed by atoms with E-state index < -0.39 is 10.1 Å². The quantitative estimate of drug-likeness (QED) is 0.791. The van der Waals surface area contributed by atoms with Crippen molar-refractivity contribution in [3.05, 3.63) is 35.4 Å². The fraction of sp³-hybridized carbons (Fsp3) is 0.571. The molecule has 2 atom stereocenters. The lowest BCUT2D eigenvalue weighted by atomic mass is 9.80. The Bertz CT molecular complexity index is 508. The molecule has 1 aliphatic carbocycles. The second-order valence-electron chi connectivity index (χ2n) is 5.09. The van der Waals surface area contributed by atoms with Gasteiger partial charge in [-0.3, -0.25) is 4.18 Å². The molecule has 0 aliphatic heterocycles. The summed E-state index contributed by atoms with van der Waals surface area (Å²) < 4.78 is 28.0. The van der Waals surface area contributed by atoms with Crippen LogP contribution in [0.5, 0.6) is 0 Å². The fourth-order valence-electron chi connectivity index (χ4n) is 2.80. The summed E-state index contributed by atoms with van der Waals surface area (Å²) in [5.41, 5.74) is 2.44. The van der Waals surface area contributed by atoms with Crippen LogP contribution in [0.4, 0.5) is 0 Å². The van der Waals surface area contributed by atoms with Gasteiger partial charge in [0.1, 0.15) is 0 Å². The molecule has 18 heavy (non-hydrogen) atoms. The Morgan fingerprint density at radius 1 is 1.17 bits per heavy atom. The van der Waals surface area contributed by atoms with Gasteiger partial charge in [0.25, 0.3) is 10.1 Å². The SMILES string of the molecule is Cc1ccccc1C1CCCCC1OS(C)(=O)=O. The lowest BCUT2D eigenvalue weighted by Gasteiger charge is -2.31. The predicted octanol–water partition coefficient (Wildman–Crippen LogP) is 3.00. The van der Waals surface area contributed by atoms with Crippen molar-refractivity contribution >= 4 is 10.1 Å². The largest absolute Gasteiger partial charge is 0.266 e. The third-order valence-electron chi connectivity index (χ3n) is 3.59. The van der Waals surface area contributed by atoms with Gasteiger partial charge in [0.15, 0.2) is 0 Å². The summed E-state index contributed by atoms with van der Waals surface area (Å²) in [7, 11) is -3.38. The third-order valence-corrected chi connectivity index (χ3v) is 4.19. The van der Waals surface area contributed by atoms with Gasteiger partial charge in [-0.15, -0.1) is 0 Å². The molecule has 1 aromatic carbocycles. The van der Waals surface area contributed by atoms with E-state index in [-0.39, 0.29) is 12.0 Å². The highest BCUT2D eigenvalue weighted by molar-refractivity contribution is 7.86. The van der Waals surface area contributed by atoms with E-state index in [9.17, 15) is 8.42 Å². The Hall–Kier alpha value is -0.870. The molecule has 0 aromatic heterocycles. The Balaban J connectivity index is 2.26. The molecule has 1 aromatic rings. The molecule has 100 valence electrons. The van der Waals surface area contributed by atoms with Crippen LogP contribution < -0.4 is 0 Å². The monoisotopic (exact) mass is 268 g/mol. The smallest absolute Gasteiger partial charge is 0.264 e. The van der Waals surface area contributed by atoms with E-state index in [0.29, 0.717) is 0 Å². The van der Waals surface area contributed by atoms with Crippen LogP contribution in [0.2, 0.25) is 0 Å². The van der Waals surface area contributed by atoms with Gasteiger partial charge in [0.05, 0.1) is 12.4 Å². The number of hydrogen-bond donors (Lipinski definition) is 0. The van der Waals surface area contributed by atoms with Crippen LogP contribution in [-0.4, -0.2) is 20.8 Å². The van der Waals surface area contributed by atoms with E-state index >= 15 is 0 Å². The molecule has 0 N–H and O–H groups in total. The number of rotatable bonds is 3. The molecule has 2 rings (SSSR count). The fourth-order valence-corrected chi connectivity index (χ4v) is 3.47. The molecule has 1 fully saturated rings. The Kier molecular flexibility index (Phi) is 4.07. The van der Waals surface area contributed by atoms with E-state index in [1.54, 1.807) is 0 Å². The van der Waals surface area contributed by atoms with Gasteiger partial charge >= 0.3 is 0 Å². The van der Waals surface area contributed by atoms with Gasteiger partial charge in [0.2, 0.25) is 0 Å². The minimum absolute atomic E-state index is 0.199.